The van der Waals surface area contributed by atoms with Crippen molar-refractivity contribution in [2.45, 2.75) is 13.0 Å². The van der Waals surface area contributed by atoms with Crippen LogP contribution in [0, 0.1) is 11.8 Å². The van der Waals surface area contributed by atoms with Crippen LogP contribution in [0.1, 0.15) is 17.5 Å². The number of rotatable bonds is 4. The van der Waals surface area contributed by atoms with Crippen LogP contribution in [0.25, 0.3) is 0 Å². The predicted octanol–water partition coefficient (Wildman–Crippen LogP) is 4.95. The van der Waals surface area contributed by atoms with Crippen LogP contribution in [0.5, 0.6) is 5.75 Å². The largest absolute Gasteiger partial charge is 0.487 e. The lowest BCUT2D eigenvalue weighted by Gasteiger charge is -2.08. The quantitative estimate of drug-likeness (QED) is 0.580. The Morgan fingerprint density at radius 3 is 2.86 bits per heavy atom. The van der Waals surface area contributed by atoms with Gasteiger partial charge in [-0.25, -0.2) is 0 Å². The zero-order valence-electron chi connectivity index (χ0n) is 11.1. The Labute approximate surface area is 139 Å². The molecular weight excluding hydrogens is 329 g/mol. The van der Waals surface area contributed by atoms with Crippen LogP contribution in [0.3, 0.4) is 0 Å². The SMILES string of the molecule is ClCCC#Cc1cncc(OCc2cccc(Cl)c2Cl)c1. The Morgan fingerprint density at radius 2 is 2.05 bits per heavy atom. The van der Waals surface area contributed by atoms with Gasteiger partial charge in [0, 0.05) is 29.6 Å². The topological polar surface area (TPSA) is 22.1 Å². The number of ether oxygens (including phenoxy) is 1. The van der Waals surface area contributed by atoms with Crippen LogP contribution in [-0.2, 0) is 6.61 Å². The molecule has 108 valence electrons. The van der Waals surface area contributed by atoms with E-state index in [2.05, 4.69) is 16.8 Å². The van der Waals surface area contributed by atoms with Crippen molar-refractivity contribution in [1.29, 1.82) is 0 Å². The van der Waals surface area contributed by atoms with Gasteiger partial charge in [0.2, 0.25) is 0 Å². The van der Waals surface area contributed by atoms with Crippen molar-refractivity contribution in [2.75, 3.05) is 5.88 Å². The lowest BCUT2D eigenvalue weighted by atomic mass is 10.2. The van der Waals surface area contributed by atoms with E-state index in [1.807, 2.05) is 18.2 Å². The molecule has 1 aromatic heterocycles. The summed E-state index contributed by atoms with van der Waals surface area (Å²) in [5.41, 5.74) is 1.61. The van der Waals surface area contributed by atoms with Crippen LogP contribution in [0.2, 0.25) is 10.0 Å². The fraction of sp³-hybridized carbons (Fsp3) is 0.188. The number of pyridine rings is 1. The van der Waals surface area contributed by atoms with Gasteiger partial charge in [-0.2, -0.15) is 0 Å². The van der Waals surface area contributed by atoms with E-state index in [9.17, 15) is 0 Å². The van der Waals surface area contributed by atoms with Gasteiger partial charge in [0.15, 0.2) is 0 Å². The molecule has 0 saturated heterocycles. The molecule has 21 heavy (non-hydrogen) atoms. The summed E-state index contributed by atoms with van der Waals surface area (Å²) in [6, 6.07) is 7.26. The number of hydrogen-bond acceptors (Lipinski definition) is 2. The molecule has 2 rings (SSSR count). The van der Waals surface area contributed by atoms with Crippen molar-refractivity contribution in [2.24, 2.45) is 0 Å². The number of hydrogen-bond donors (Lipinski definition) is 0. The van der Waals surface area contributed by atoms with E-state index in [-0.39, 0.29) is 0 Å². The molecule has 0 aliphatic carbocycles. The normalized spacial score (nSPS) is 9.86. The monoisotopic (exact) mass is 339 g/mol. The first-order chi connectivity index (χ1) is 10.2. The van der Waals surface area contributed by atoms with E-state index < -0.39 is 0 Å². The van der Waals surface area contributed by atoms with Gasteiger partial charge in [-0.3, -0.25) is 4.98 Å². The Kier molecular flexibility index (Phi) is 6.20. The zero-order chi connectivity index (χ0) is 15.1. The van der Waals surface area contributed by atoms with Gasteiger partial charge in [0.1, 0.15) is 12.4 Å². The third-order valence-electron chi connectivity index (χ3n) is 2.59. The first-order valence-corrected chi connectivity index (χ1v) is 7.55. The summed E-state index contributed by atoms with van der Waals surface area (Å²) in [6.07, 6.45) is 3.95. The fourth-order valence-corrected chi connectivity index (χ4v) is 2.07. The number of halogens is 3. The standard InChI is InChI=1S/C16H12Cl3NO/c17-7-2-1-4-12-8-14(10-20-9-12)21-11-13-5-3-6-15(18)16(13)19/h3,5-6,8-10H,2,7,11H2. The minimum Gasteiger partial charge on any atom is -0.487 e. The van der Waals surface area contributed by atoms with E-state index >= 15 is 0 Å². The van der Waals surface area contributed by atoms with Gasteiger partial charge in [0.25, 0.3) is 0 Å². The first kappa shape index (κ1) is 16.0. The highest BCUT2D eigenvalue weighted by molar-refractivity contribution is 6.42. The molecule has 2 aromatic rings. The molecule has 0 aliphatic heterocycles. The van der Waals surface area contributed by atoms with E-state index in [0.29, 0.717) is 34.7 Å². The summed E-state index contributed by atoms with van der Waals surface area (Å²) in [6.45, 7) is 0.319. The highest BCUT2D eigenvalue weighted by atomic mass is 35.5. The van der Waals surface area contributed by atoms with Crippen molar-refractivity contribution in [1.82, 2.24) is 4.98 Å². The van der Waals surface area contributed by atoms with Crippen molar-refractivity contribution in [3.8, 4) is 17.6 Å². The molecule has 0 radical (unpaired) electrons. The summed E-state index contributed by atoms with van der Waals surface area (Å²) in [4.78, 5) is 4.10. The average Bonchev–Trinajstić information content (AvgIpc) is 2.50. The molecule has 0 atom stereocenters. The summed E-state index contributed by atoms with van der Waals surface area (Å²) in [5.74, 6) is 7.08. The molecule has 1 aromatic carbocycles. The highest BCUT2D eigenvalue weighted by Crippen LogP contribution is 2.26. The van der Waals surface area contributed by atoms with Crippen molar-refractivity contribution in [3.05, 3.63) is 57.8 Å². The second-order valence-electron chi connectivity index (χ2n) is 4.15. The van der Waals surface area contributed by atoms with Crippen LogP contribution in [-0.4, -0.2) is 10.9 Å². The van der Waals surface area contributed by atoms with Crippen LogP contribution >= 0.6 is 34.8 Å². The minimum atomic E-state index is 0.319. The van der Waals surface area contributed by atoms with E-state index in [0.717, 1.165) is 11.1 Å². The first-order valence-electron chi connectivity index (χ1n) is 6.26. The molecule has 5 heteroatoms. The summed E-state index contributed by atoms with van der Waals surface area (Å²) in [5, 5.41) is 1.02. The van der Waals surface area contributed by atoms with Crippen LogP contribution < -0.4 is 4.74 Å². The average molecular weight is 341 g/mol. The van der Waals surface area contributed by atoms with E-state index in [4.69, 9.17) is 39.5 Å². The predicted molar refractivity (Wildman–Crippen MR) is 87.2 cm³/mol. The van der Waals surface area contributed by atoms with Gasteiger partial charge in [-0.1, -0.05) is 47.2 Å². The number of alkyl halides is 1. The maximum atomic E-state index is 6.11. The van der Waals surface area contributed by atoms with Crippen LogP contribution in [0.4, 0.5) is 0 Å². The number of aromatic nitrogens is 1. The Balaban J connectivity index is 2.05. The Morgan fingerprint density at radius 1 is 1.19 bits per heavy atom. The third kappa shape index (κ3) is 4.82. The molecular formula is C16H12Cl3NO. The Hall–Kier alpha value is -1.40. The van der Waals surface area contributed by atoms with Gasteiger partial charge in [-0.05, 0) is 12.1 Å². The molecule has 1 heterocycles. The summed E-state index contributed by atoms with van der Waals surface area (Å²) < 4.78 is 5.68. The highest BCUT2D eigenvalue weighted by Gasteiger charge is 2.05. The minimum absolute atomic E-state index is 0.319. The maximum Gasteiger partial charge on any atom is 0.139 e. The molecule has 0 aliphatic rings. The Bertz CT molecular complexity index is 677. The lowest BCUT2D eigenvalue weighted by Crippen LogP contribution is -1.97. The van der Waals surface area contributed by atoms with E-state index in [1.54, 1.807) is 18.5 Å². The molecule has 0 spiro atoms. The van der Waals surface area contributed by atoms with Crippen molar-refractivity contribution in [3.63, 3.8) is 0 Å². The molecule has 0 bridgehead atoms. The zero-order valence-corrected chi connectivity index (χ0v) is 13.3. The van der Waals surface area contributed by atoms with Crippen molar-refractivity contribution >= 4 is 34.8 Å². The van der Waals surface area contributed by atoms with Gasteiger partial charge in [-0.15, -0.1) is 11.6 Å². The fourth-order valence-electron chi connectivity index (χ4n) is 1.60. The molecule has 0 fully saturated rings. The third-order valence-corrected chi connectivity index (χ3v) is 3.64. The van der Waals surface area contributed by atoms with Gasteiger partial charge in [0.05, 0.1) is 16.2 Å². The lowest BCUT2D eigenvalue weighted by molar-refractivity contribution is 0.305. The maximum absolute atomic E-state index is 6.11. The number of benzene rings is 1. The molecule has 0 N–H and O–H groups in total. The second kappa shape index (κ2) is 8.14. The number of nitrogens with zero attached hydrogens (tertiary/aromatic N) is 1. The smallest absolute Gasteiger partial charge is 0.139 e. The van der Waals surface area contributed by atoms with Crippen molar-refractivity contribution < 1.29 is 4.74 Å². The molecule has 0 saturated carbocycles. The summed E-state index contributed by atoms with van der Waals surface area (Å²) >= 11 is 17.7. The van der Waals surface area contributed by atoms with Crippen LogP contribution in [0.15, 0.2) is 36.7 Å². The summed E-state index contributed by atoms with van der Waals surface area (Å²) in [7, 11) is 0. The molecule has 2 nitrogen and oxygen atoms in total. The van der Waals surface area contributed by atoms with Gasteiger partial charge < -0.3 is 4.74 Å². The second-order valence-corrected chi connectivity index (χ2v) is 5.31. The molecule has 0 unspecified atom stereocenters. The molecule has 0 amide bonds. The van der Waals surface area contributed by atoms with E-state index in [1.165, 1.54) is 0 Å². The van der Waals surface area contributed by atoms with Gasteiger partial charge >= 0.3 is 0 Å².